The lowest BCUT2D eigenvalue weighted by Crippen LogP contribution is -2.28. The summed E-state index contributed by atoms with van der Waals surface area (Å²) in [5.74, 6) is 0.392. The summed E-state index contributed by atoms with van der Waals surface area (Å²) in [6.45, 7) is 4.19. The fraction of sp³-hybridized carbons (Fsp3) is 0.353. The van der Waals surface area contributed by atoms with Crippen LogP contribution in [-0.4, -0.2) is 23.5 Å². The molecular formula is C17H19N3O3. The minimum atomic E-state index is -0.385. The van der Waals surface area contributed by atoms with Crippen LogP contribution in [0, 0.1) is 12.8 Å². The van der Waals surface area contributed by atoms with Crippen molar-refractivity contribution in [2.45, 2.75) is 26.7 Å². The highest BCUT2D eigenvalue weighted by atomic mass is 16.5. The lowest BCUT2D eigenvalue weighted by Gasteiger charge is -2.19. The average molecular weight is 313 g/mol. The Balaban J connectivity index is 1.73. The Hall–Kier alpha value is -2.63. The highest BCUT2D eigenvalue weighted by molar-refractivity contribution is 6.03. The maximum absolute atomic E-state index is 12.3. The van der Waals surface area contributed by atoms with Gasteiger partial charge in [-0.15, -0.1) is 0 Å². The molecule has 1 N–H and O–H groups in total. The summed E-state index contributed by atoms with van der Waals surface area (Å²) in [6, 6.07) is 9.46. The molecule has 2 heterocycles. The van der Waals surface area contributed by atoms with Crippen molar-refractivity contribution >= 4 is 23.3 Å². The highest BCUT2D eigenvalue weighted by Gasteiger charge is 2.36. The number of carbonyl (C=O) groups excluding carboxylic acids is 2. The molecule has 0 saturated carbocycles. The third kappa shape index (κ3) is 3.11. The van der Waals surface area contributed by atoms with E-state index < -0.39 is 0 Å². The number of amides is 2. The second-order valence-corrected chi connectivity index (χ2v) is 5.70. The van der Waals surface area contributed by atoms with Gasteiger partial charge in [-0.2, -0.15) is 0 Å². The molecule has 0 spiro atoms. The minimum absolute atomic E-state index is 0.0256. The van der Waals surface area contributed by atoms with E-state index in [2.05, 4.69) is 17.4 Å². The number of hydrogen-bond donors (Lipinski definition) is 1. The monoisotopic (exact) mass is 313 g/mol. The zero-order valence-electron chi connectivity index (χ0n) is 13.2. The lowest BCUT2D eigenvalue weighted by atomic mass is 10.1. The molecule has 1 saturated heterocycles. The van der Waals surface area contributed by atoms with Gasteiger partial charge in [0.1, 0.15) is 5.76 Å². The van der Waals surface area contributed by atoms with E-state index in [1.807, 2.05) is 24.3 Å². The summed E-state index contributed by atoms with van der Waals surface area (Å²) >= 11 is 0. The van der Waals surface area contributed by atoms with Crippen molar-refractivity contribution in [1.82, 2.24) is 5.16 Å². The smallest absolute Gasteiger partial charge is 0.231 e. The predicted molar refractivity (Wildman–Crippen MR) is 86.1 cm³/mol. The SMILES string of the molecule is CCc1ccccc1N1C[C@H](C(=O)Nc2cc(C)on2)CC1=O. The summed E-state index contributed by atoms with van der Waals surface area (Å²) in [5.41, 5.74) is 2.00. The van der Waals surface area contributed by atoms with Crippen molar-refractivity contribution in [3.63, 3.8) is 0 Å². The number of hydrogen-bond acceptors (Lipinski definition) is 4. The molecule has 1 aromatic carbocycles. The zero-order chi connectivity index (χ0) is 16.4. The van der Waals surface area contributed by atoms with Crippen LogP contribution >= 0.6 is 0 Å². The lowest BCUT2D eigenvalue weighted by molar-refractivity contribution is -0.122. The third-order valence-corrected chi connectivity index (χ3v) is 4.04. The van der Waals surface area contributed by atoms with Gasteiger partial charge in [0.15, 0.2) is 5.82 Å². The van der Waals surface area contributed by atoms with E-state index in [1.54, 1.807) is 17.9 Å². The number of benzene rings is 1. The van der Waals surface area contributed by atoms with Crippen LogP contribution in [0.25, 0.3) is 0 Å². The largest absolute Gasteiger partial charge is 0.360 e. The van der Waals surface area contributed by atoms with Crippen molar-refractivity contribution in [1.29, 1.82) is 0 Å². The van der Waals surface area contributed by atoms with Gasteiger partial charge in [0.2, 0.25) is 11.8 Å². The van der Waals surface area contributed by atoms with E-state index >= 15 is 0 Å². The first kappa shape index (κ1) is 15.3. The first-order valence-corrected chi connectivity index (χ1v) is 7.71. The number of aromatic nitrogens is 1. The normalized spacial score (nSPS) is 17.6. The first-order chi connectivity index (χ1) is 11.1. The van der Waals surface area contributed by atoms with E-state index in [4.69, 9.17) is 4.52 Å². The van der Waals surface area contributed by atoms with Crippen LogP contribution < -0.4 is 10.2 Å². The van der Waals surface area contributed by atoms with Crippen LogP contribution in [-0.2, 0) is 16.0 Å². The van der Waals surface area contributed by atoms with E-state index in [-0.39, 0.29) is 24.2 Å². The summed E-state index contributed by atoms with van der Waals surface area (Å²) in [6.07, 6.45) is 1.05. The topological polar surface area (TPSA) is 75.4 Å². The standard InChI is InChI=1S/C17H19N3O3/c1-3-12-6-4-5-7-14(12)20-10-13(9-16(20)21)17(22)18-15-8-11(2)23-19-15/h4-8,13H,3,9-10H2,1-2H3,(H,18,19,22)/t13-/m1/s1. The number of nitrogens with zero attached hydrogens (tertiary/aromatic N) is 2. The molecule has 2 amide bonds. The number of rotatable bonds is 4. The number of carbonyl (C=O) groups is 2. The minimum Gasteiger partial charge on any atom is -0.360 e. The molecule has 1 aliphatic rings. The number of anilines is 2. The average Bonchev–Trinajstić information content (AvgIpc) is 3.13. The molecule has 6 heteroatoms. The van der Waals surface area contributed by atoms with Gasteiger partial charge in [0.25, 0.3) is 0 Å². The Kier molecular flexibility index (Phi) is 4.14. The van der Waals surface area contributed by atoms with Gasteiger partial charge in [-0.1, -0.05) is 30.3 Å². The summed E-state index contributed by atoms with van der Waals surface area (Å²) in [4.78, 5) is 26.4. The fourth-order valence-electron chi connectivity index (χ4n) is 2.84. The van der Waals surface area contributed by atoms with Gasteiger partial charge in [0, 0.05) is 24.7 Å². The highest BCUT2D eigenvalue weighted by Crippen LogP contribution is 2.29. The third-order valence-electron chi connectivity index (χ3n) is 4.04. The number of aryl methyl sites for hydroxylation is 2. The van der Waals surface area contributed by atoms with Crippen molar-refractivity contribution in [2.75, 3.05) is 16.8 Å². The maximum Gasteiger partial charge on any atom is 0.231 e. The van der Waals surface area contributed by atoms with E-state index in [0.717, 1.165) is 17.7 Å². The maximum atomic E-state index is 12.3. The molecule has 1 fully saturated rings. The summed E-state index contributed by atoms with van der Waals surface area (Å²) < 4.78 is 4.93. The van der Waals surface area contributed by atoms with Crippen molar-refractivity contribution < 1.29 is 14.1 Å². The summed E-state index contributed by atoms with van der Waals surface area (Å²) in [7, 11) is 0. The molecule has 0 aliphatic carbocycles. The van der Waals surface area contributed by atoms with Crippen LogP contribution in [0.2, 0.25) is 0 Å². The Bertz CT molecular complexity index is 738. The molecular weight excluding hydrogens is 294 g/mol. The summed E-state index contributed by atoms with van der Waals surface area (Å²) in [5, 5.41) is 6.45. The van der Waals surface area contributed by atoms with Crippen LogP contribution in [0.5, 0.6) is 0 Å². The molecule has 0 unspecified atom stereocenters. The molecule has 6 nitrogen and oxygen atoms in total. The first-order valence-electron chi connectivity index (χ1n) is 7.71. The van der Waals surface area contributed by atoms with Gasteiger partial charge in [-0.05, 0) is 25.0 Å². The molecule has 120 valence electrons. The van der Waals surface area contributed by atoms with Gasteiger partial charge < -0.3 is 14.7 Å². The molecule has 1 atom stereocenters. The molecule has 1 aromatic heterocycles. The quantitative estimate of drug-likeness (QED) is 0.941. The molecule has 2 aromatic rings. The van der Waals surface area contributed by atoms with Crippen LogP contribution in [0.15, 0.2) is 34.9 Å². The van der Waals surface area contributed by atoms with E-state index in [9.17, 15) is 9.59 Å². The molecule has 23 heavy (non-hydrogen) atoms. The van der Waals surface area contributed by atoms with Gasteiger partial charge >= 0.3 is 0 Å². The molecule has 0 radical (unpaired) electrons. The Morgan fingerprint density at radius 1 is 1.43 bits per heavy atom. The zero-order valence-corrected chi connectivity index (χ0v) is 13.2. The molecule has 1 aliphatic heterocycles. The Morgan fingerprint density at radius 2 is 2.22 bits per heavy atom. The number of nitrogens with one attached hydrogen (secondary N) is 1. The Labute approximate surface area is 134 Å². The fourth-order valence-corrected chi connectivity index (χ4v) is 2.84. The van der Waals surface area contributed by atoms with Gasteiger partial charge in [-0.25, -0.2) is 0 Å². The molecule has 3 rings (SSSR count). The Morgan fingerprint density at radius 3 is 2.91 bits per heavy atom. The van der Waals surface area contributed by atoms with E-state index in [1.165, 1.54) is 0 Å². The predicted octanol–water partition coefficient (Wildman–Crippen LogP) is 2.54. The van der Waals surface area contributed by atoms with Crippen molar-refractivity contribution in [2.24, 2.45) is 5.92 Å². The van der Waals surface area contributed by atoms with Crippen molar-refractivity contribution in [3.05, 3.63) is 41.7 Å². The van der Waals surface area contributed by atoms with E-state index in [0.29, 0.717) is 18.1 Å². The van der Waals surface area contributed by atoms with Gasteiger partial charge in [-0.3, -0.25) is 9.59 Å². The van der Waals surface area contributed by atoms with Crippen LogP contribution in [0.3, 0.4) is 0 Å². The van der Waals surface area contributed by atoms with Gasteiger partial charge in [0.05, 0.1) is 5.92 Å². The second kappa shape index (κ2) is 6.24. The molecule has 0 bridgehead atoms. The van der Waals surface area contributed by atoms with Crippen LogP contribution in [0.1, 0.15) is 24.7 Å². The van der Waals surface area contributed by atoms with Crippen molar-refractivity contribution in [3.8, 4) is 0 Å². The van der Waals surface area contributed by atoms with Crippen LogP contribution in [0.4, 0.5) is 11.5 Å². The second-order valence-electron chi connectivity index (χ2n) is 5.70. The number of para-hydroxylation sites is 1.